The molecule has 0 aliphatic heterocycles. The summed E-state index contributed by atoms with van der Waals surface area (Å²) in [6, 6.07) is 12.8. The number of fused-ring (bicyclic) bond motifs is 1. The maximum atomic E-state index is 5.27. The second-order valence-electron chi connectivity index (χ2n) is 7.05. The van der Waals surface area contributed by atoms with Gasteiger partial charge in [-0.25, -0.2) is 0 Å². The lowest BCUT2D eigenvalue weighted by atomic mass is 9.93. The Labute approximate surface area is 134 Å². The van der Waals surface area contributed by atoms with E-state index in [9.17, 15) is 0 Å². The average Bonchev–Trinajstić information content (AvgIpc) is 2.45. The zero-order valence-corrected chi connectivity index (χ0v) is 14.4. The highest BCUT2D eigenvalue weighted by Crippen LogP contribution is 2.22. The van der Waals surface area contributed by atoms with Gasteiger partial charge in [-0.3, -0.25) is 0 Å². The molecule has 0 aromatic heterocycles. The molecule has 0 aliphatic rings. The van der Waals surface area contributed by atoms with Gasteiger partial charge < -0.3 is 15.0 Å². The molecule has 0 bridgehead atoms. The zero-order valence-electron chi connectivity index (χ0n) is 14.4. The van der Waals surface area contributed by atoms with Gasteiger partial charge in [0.25, 0.3) is 0 Å². The SMILES string of the molecule is COc1ccc2cc(CNCC(C)(C)CN(C)C)ccc2c1. The van der Waals surface area contributed by atoms with E-state index in [1.54, 1.807) is 7.11 Å². The normalized spacial score (nSPS) is 12.1. The van der Waals surface area contributed by atoms with E-state index >= 15 is 0 Å². The summed E-state index contributed by atoms with van der Waals surface area (Å²) in [7, 11) is 5.95. The summed E-state index contributed by atoms with van der Waals surface area (Å²) in [5, 5.41) is 6.06. The topological polar surface area (TPSA) is 24.5 Å². The molecule has 0 spiro atoms. The third-order valence-corrected chi connectivity index (χ3v) is 3.79. The third kappa shape index (κ3) is 4.72. The Balaban J connectivity index is 1.97. The van der Waals surface area contributed by atoms with Crippen LogP contribution >= 0.6 is 0 Å². The molecule has 120 valence electrons. The Morgan fingerprint density at radius 2 is 1.73 bits per heavy atom. The lowest BCUT2D eigenvalue weighted by molar-refractivity contribution is 0.232. The van der Waals surface area contributed by atoms with Crippen LogP contribution in [0, 0.1) is 5.41 Å². The van der Waals surface area contributed by atoms with Gasteiger partial charge >= 0.3 is 0 Å². The van der Waals surface area contributed by atoms with Crippen LogP contribution in [0.1, 0.15) is 19.4 Å². The van der Waals surface area contributed by atoms with E-state index in [-0.39, 0.29) is 5.41 Å². The highest BCUT2D eigenvalue weighted by Gasteiger charge is 2.18. The molecule has 0 fully saturated rings. The number of hydrogen-bond donors (Lipinski definition) is 1. The van der Waals surface area contributed by atoms with Crippen molar-refractivity contribution in [1.82, 2.24) is 10.2 Å². The van der Waals surface area contributed by atoms with Gasteiger partial charge in [0.1, 0.15) is 5.75 Å². The molecule has 2 aromatic rings. The third-order valence-electron chi connectivity index (χ3n) is 3.79. The van der Waals surface area contributed by atoms with Crippen LogP contribution in [0.2, 0.25) is 0 Å². The minimum atomic E-state index is 0.272. The fourth-order valence-corrected chi connectivity index (χ4v) is 2.97. The molecule has 0 unspecified atom stereocenters. The maximum Gasteiger partial charge on any atom is 0.119 e. The highest BCUT2D eigenvalue weighted by molar-refractivity contribution is 5.84. The van der Waals surface area contributed by atoms with E-state index in [0.717, 1.165) is 25.4 Å². The summed E-state index contributed by atoms with van der Waals surface area (Å²) in [4.78, 5) is 2.24. The van der Waals surface area contributed by atoms with Crippen LogP contribution < -0.4 is 10.1 Å². The summed E-state index contributed by atoms with van der Waals surface area (Å²) < 4.78 is 5.27. The standard InChI is InChI=1S/C19H28N2O/c1-19(2,14-21(3)4)13-20-12-15-6-7-17-11-18(22-5)9-8-16(17)10-15/h6-11,20H,12-14H2,1-5H3. The average molecular weight is 300 g/mol. The predicted octanol–water partition coefficient (Wildman–Crippen LogP) is 3.53. The molecule has 1 N–H and O–H groups in total. The van der Waals surface area contributed by atoms with Crippen molar-refractivity contribution in [2.75, 3.05) is 34.3 Å². The number of hydrogen-bond acceptors (Lipinski definition) is 3. The lowest BCUT2D eigenvalue weighted by Gasteiger charge is -2.28. The van der Waals surface area contributed by atoms with Crippen LogP contribution in [0.3, 0.4) is 0 Å². The van der Waals surface area contributed by atoms with Crippen LogP contribution in [0.25, 0.3) is 10.8 Å². The van der Waals surface area contributed by atoms with E-state index in [1.165, 1.54) is 16.3 Å². The van der Waals surface area contributed by atoms with Gasteiger partial charge in [-0.2, -0.15) is 0 Å². The highest BCUT2D eigenvalue weighted by atomic mass is 16.5. The molecule has 0 heterocycles. The van der Waals surface area contributed by atoms with Crippen molar-refractivity contribution in [3.63, 3.8) is 0 Å². The molecule has 22 heavy (non-hydrogen) atoms. The van der Waals surface area contributed by atoms with Crippen molar-refractivity contribution in [2.24, 2.45) is 5.41 Å². The quantitative estimate of drug-likeness (QED) is 0.846. The Hall–Kier alpha value is -1.58. The van der Waals surface area contributed by atoms with E-state index < -0.39 is 0 Å². The van der Waals surface area contributed by atoms with Crippen LogP contribution in [0.4, 0.5) is 0 Å². The maximum absolute atomic E-state index is 5.27. The van der Waals surface area contributed by atoms with Gasteiger partial charge in [0.15, 0.2) is 0 Å². The van der Waals surface area contributed by atoms with Crippen molar-refractivity contribution in [3.05, 3.63) is 42.0 Å². The molecule has 2 aromatic carbocycles. The number of ether oxygens (including phenoxy) is 1. The van der Waals surface area contributed by atoms with E-state index in [4.69, 9.17) is 4.74 Å². The van der Waals surface area contributed by atoms with Gasteiger partial charge in [0.05, 0.1) is 7.11 Å². The second-order valence-corrected chi connectivity index (χ2v) is 7.05. The van der Waals surface area contributed by atoms with Gasteiger partial charge in [-0.1, -0.05) is 32.0 Å². The second kappa shape index (κ2) is 7.12. The monoisotopic (exact) mass is 300 g/mol. The van der Waals surface area contributed by atoms with Crippen molar-refractivity contribution in [1.29, 1.82) is 0 Å². The van der Waals surface area contributed by atoms with Crippen molar-refractivity contribution < 1.29 is 4.74 Å². The van der Waals surface area contributed by atoms with Gasteiger partial charge in [-0.05, 0) is 54.0 Å². The first-order valence-electron chi connectivity index (χ1n) is 7.82. The molecule has 0 amide bonds. The van der Waals surface area contributed by atoms with Crippen molar-refractivity contribution >= 4 is 10.8 Å². The van der Waals surface area contributed by atoms with E-state index in [2.05, 4.69) is 68.5 Å². The molecular weight excluding hydrogens is 272 g/mol. The smallest absolute Gasteiger partial charge is 0.119 e. The van der Waals surface area contributed by atoms with Gasteiger partial charge in [0.2, 0.25) is 0 Å². The first-order chi connectivity index (χ1) is 10.4. The summed E-state index contributed by atoms with van der Waals surface area (Å²) in [6.45, 7) is 7.58. The summed E-state index contributed by atoms with van der Waals surface area (Å²) in [5.41, 5.74) is 1.59. The summed E-state index contributed by atoms with van der Waals surface area (Å²) in [5.74, 6) is 0.906. The predicted molar refractivity (Wildman–Crippen MR) is 94.5 cm³/mol. The first kappa shape index (κ1) is 16.8. The Morgan fingerprint density at radius 1 is 1.05 bits per heavy atom. The molecule has 2 rings (SSSR count). The van der Waals surface area contributed by atoms with Gasteiger partial charge in [-0.15, -0.1) is 0 Å². The van der Waals surface area contributed by atoms with Gasteiger partial charge in [0, 0.05) is 19.6 Å². The number of nitrogens with zero attached hydrogens (tertiary/aromatic N) is 1. The number of nitrogens with one attached hydrogen (secondary N) is 1. The van der Waals surface area contributed by atoms with Crippen LogP contribution in [0.5, 0.6) is 5.75 Å². The molecule has 3 heteroatoms. The fraction of sp³-hybridized carbons (Fsp3) is 0.474. The molecule has 0 aliphatic carbocycles. The van der Waals surface area contributed by atoms with Crippen LogP contribution in [-0.2, 0) is 6.54 Å². The first-order valence-corrected chi connectivity index (χ1v) is 7.82. The molecule has 0 atom stereocenters. The molecule has 0 radical (unpaired) electrons. The summed E-state index contributed by atoms with van der Waals surface area (Å²) in [6.07, 6.45) is 0. The molecule has 0 saturated carbocycles. The number of benzene rings is 2. The minimum absolute atomic E-state index is 0.272. The largest absolute Gasteiger partial charge is 0.497 e. The Bertz CT molecular complexity index is 620. The Kier molecular flexibility index (Phi) is 5.43. The van der Waals surface area contributed by atoms with E-state index in [0.29, 0.717) is 0 Å². The van der Waals surface area contributed by atoms with Crippen LogP contribution in [-0.4, -0.2) is 39.2 Å². The van der Waals surface area contributed by atoms with Crippen molar-refractivity contribution in [2.45, 2.75) is 20.4 Å². The number of rotatable bonds is 7. The Morgan fingerprint density at radius 3 is 2.41 bits per heavy atom. The molecule has 0 saturated heterocycles. The summed E-state index contributed by atoms with van der Waals surface area (Å²) >= 11 is 0. The van der Waals surface area contributed by atoms with E-state index in [1.807, 2.05) is 6.07 Å². The minimum Gasteiger partial charge on any atom is -0.497 e. The lowest BCUT2D eigenvalue weighted by Crippen LogP contribution is -2.37. The van der Waals surface area contributed by atoms with Crippen LogP contribution in [0.15, 0.2) is 36.4 Å². The molecular formula is C19H28N2O. The fourth-order valence-electron chi connectivity index (χ4n) is 2.97. The number of methoxy groups -OCH3 is 1. The zero-order chi connectivity index (χ0) is 16.2. The molecule has 3 nitrogen and oxygen atoms in total. The van der Waals surface area contributed by atoms with Crippen molar-refractivity contribution in [3.8, 4) is 5.75 Å².